The molecule has 0 bridgehead atoms. The van der Waals surface area contributed by atoms with Gasteiger partial charge in [-0.25, -0.2) is 0 Å². The van der Waals surface area contributed by atoms with Crippen LogP contribution in [0.25, 0.3) is 5.69 Å². The van der Waals surface area contributed by atoms with Crippen LogP contribution in [-0.4, -0.2) is 20.2 Å². The van der Waals surface area contributed by atoms with Crippen LogP contribution in [-0.2, 0) is 0 Å². The fourth-order valence-electron chi connectivity index (χ4n) is 1.73. The molecule has 0 radical (unpaired) electrons. The van der Waals surface area contributed by atoms with Gasteiger partial charge in [0.2, 0.25) is 0 Å². The van der Waals surface area contributed by atoms with Crippen molar-refractivity contribution in [3.8, 4) is 5.69 Å². The molecule has 0 saturated heterocycles. The van der Waals surface area contributed by atoms with E-state index in [1.165, 1.54) is 11.1 Å². The SMILES string of the molecule is Cc1cc(N)c(-n2nnnc2C(C)C)cc1C. The second-order valence-electron chi connectivity index (χ2n) is 4.60. The van der Waals surface area contributed by atoms with E-state index in [-0.39, 0.29) is 5.92 Å². The number of aromatic nitrogens is 4. The number of benzene rings is 1. The molecule has 0 saturated carbocycles. The lowest BCUT2D eigenvalue weighted by atomic mass is 10.1. The van der Waals surface area contributed by atoms with E-state index < -0.39 is 0 Å². The van der Waals surface area contributed by atoms with Crippen molar-refractivity contribution in [2.75, 3.05) is 5.73 Å². The molecule has 0 atom stereocenters. The van der Waals surface area contributed by atoms with Crippen molar-refractivity contribution in [2.24, 2.45) is 0 Å². The average molecular weight is 231 g/mol. The molecule has 0 aliphatic rings. The lowest BCUT2D eigenvalue weighted by Gasteiger charge is -2.11. The average Bonchev–Trinajstić information content (AvgIpc) is 2.72. The lowest BCUT2D eigenvalue weighted by molar-refractivity contribution is 0.710. The Morgan fingerprint density at radius 1 is 1.18 bits per heavy atom. The molecule has 2 rings (SSSR count). The fraction of sp³-hybridized carbons (Fsp3) is 0.417. The maximum atomic E-state index is 6.03. The summed E-state index contributed by atoms with van der Waals surface area (Å²) in [4.78, 5) is 0. The molecular weight excluding hydrogens is 214 g/mol. The van der Waals surface area contributed by atoms with E-state index in [0.717, 1.165) is 11.5 Å². The summed E-state index contributed by atoms with van der Waals surface area (Å²) in [5, 5.41) is 11.8. The van der Waals surface area contributed by atoms with Gasteiger partial charge < -0.3 is 5.73 Å². The van der Waals surface area contributed by atoms with Gasteiger partial charge in [-0.3, -0.25) is 0 Å². The molecule has 1 aromatic carbocycles. The maximum Gasteiger partial charge on any atom is 0.159 e. The number of hydrogen-bond donors (Lipinski definition) is 1. The highest BCUT2D eigenvalue weighted by Gasteiger charge is 2.14. The zero-order valence-electron chi connectivity index (χ0n) is 10.6. The van der Waals surface area contributed by atoms with Crippen LogP contribution in [0.3, 0.4) is 0 Å². The normalized spacial score (nSPS) is 11.1. The summed E-state index contributed by atoms with van der Waals surface area (Å²) < 4.78 is 1.71. The number of aryl methyl sites for hydroxylation is 2. The van der Waals surface area contributed by atoms with E-state index in [1.54, 1.807) is 4.68 Å². The predicted octanol–water partition coefficient (Wildman–Crippen LogP) is 1.98. The van der Waals surface area contributed by atoms with Crippen LogP contribution in [0.5, 0.6) is 0 Å². The van der Waals surface area contributed by atoms with Crippen LogP contribution in [0.4, 0.5) is 5.69 Å². The Balaban J connectivity index is 2.60. The summed E-state index contributed by atoms with van der Waals surface area (Å²) >= 11 is 0. The van der Waals surface area contributed by atoms with Crippen molar-refractivity contribution in [1.29, 1.82) is 0 Å². The molecule has 90 valence electrons. The number of rotatable bonds is 2. The van der Waals surface area contributed by atoms with Crippen molar-refractivity contribution in [2.45, 2.75) is 33.6 Å². The standard InChI is InChI=1S/C12H17N5/c1-7(2)12-14-15-16-17(12)11-6-9(4)8(3)5-10(11)13/h5-7H,13H2,1-4H3. The first-order valence-electron chi connectivity index (χ1n) is 5.66. The monoisotopic (exact) mass is 231 g/mol. The van der Waals surface area contributed by atoms with Crippen LogP contribution in [0.15, 0.2) is 12.1 Å². The third-order valence-electron chi connectivity index (χ3n) is 2.88. The highest BCUT2D eigenvalue weighted by molar-refractivity contribution is 5.61. The second-order valence-corrected chi connectivity index (χ2v) is 4.60. The minimum atomic E-state index is 0.256. The zero-order valence-corrected chi connectivity index (χ0v) is 10.6. The number of tetrazole rings is 1. The Hall–Kier alpha value is -1.91. The molecule has 5 nitrogen and oxygen atoms in total. The Morgan fingerprint density at radius 2 is 1.82 bits per heavy atom. The van der Waals surface area contributed by atoms with Gasteiger partial charge in [-0.05, 0) is 47.5 Å². The van der Waals surface area contributed by atoms with E-state index in [9.17, 15) is 0 Å². The molecule has 2 aromatic rings. The lowest BCUT2D eigenvalue weighted by Crippen LogP contribution is -2.08. The first-order chi connectivity index (χ1) is 8.00. The van der Waals surface area contributed by atoms with Crippen molar-refractivity contribution in [1.82, 2.24) is 20.2 Å². The molecule has 5 heteroatoms. The topological polar surface area (TPSA) is 69.6 Å². The Kier molecular flexibility index (Phi) is 2.83. The summed E-state index contributed by atoms with van der Waals surface area (Å²) in [7, 11) is 0. The van der Waals surface area contributed by atoms with E-state index in [4.69, 9.17) is 5.73 Å². The quantitative estimate of drug-likeness (QED) is 0.802. The minimum Gasteiger partial charge on any atom is -0.397 e. The Morgan fingerprint density at radius 3 is 2.47 bits per heavy atom. The van der Waals surface area contributed by atoms with E-state index in [0.29, 0.717) is 5.69 Å². The van der Waals surface area contributed by atoms with Gasteiger partial charge in [-0.2, -0.15) is 4.68 Å². The zero-order chi connectivity index (χ0) is 12.6. The fourth-order valence-corrected chi connectivity index (χ4v) is 1.73. The number of nitrogens with two attached hydrogens (primary N) is 1. The predicted molar refractivity (Wildman–Crippen MR) is 67.1 cm³/mol. The van der Waals surface area contributed by atoms with E-state index in [2.05, 4.69) is 36.3 Å². The molecular formula is C12H17N5. The summed E-state index contributed by atoms with van der Waals surface area (Å²) in [5.41, 5.74) is 9.93. The first kappa shape index (κ1) is 11.6. The molecule has 1 aromatic heterocycles. The van der Waals surface area contributed by atoms with Crippen molar-refractivity contribution in [3.05, 3.63) is 29.1 Å². The minimum absolute atomic E-state index is 0.256. The highest BCUT2D eigenvalue weighted by Crippen LogP contribution is 2.23. The summed E-state index contributed by atoms with van der Waals surface area (Å²) in [6.07, 6.45) is 0. The van der Waals surface area contributed by atoms with Gasteiger partial charge in [0.25, 0.3) is 0 Å². The molecule has 0 amide bonds. The Labute approximate surface area is 101 Å². The van der Waals surface area contributed by atoms with Crippen LogP contribution < -0.4 is 5.73 Å². The molecule has 0 aliphatic carbocycles. The molecule has 1 heterocycles. The largest absolute Gasteiger partial charge is 0.397 e. The number of nitrogen functional groups attached to an aromatic ring is 1. The van der Waals surface area contributed by atoms with Gasteiger partial charge in [0, 0.05) is 5.92 Å². The van der Waals surface area contributed by atoms with Crippen LogP contribution >= 0.6 is 0 Å². The van der Waals surface area contributed by atoms with E-state index >= 15 is 0 Å². The molecule has 0 fully saturated rings. The smallest absolute Gasteiger partial charge is 0.159 e. The van der Waals surface area contributed by atoms with Crippen LogP contribution in [0.2, 0.25) is 0 Å². The highest BCUT2D eigenvalue weighted by atomic mass is 15.5. The summed E-state index contributed by atoms with van der Waals surface area (Å²) in [5.74, 6) is 1.07. The molecule has 0 unspecified atom stereocenters. The van der Waals surface area contributed by atoms with Crippen LogP contribution in [0, 0.1) is 13.8 Å². The first-order valence-corrected chi connectivity index (χ1v) is 5.66. The molecule has 0 aliphatic heterocycles. The third-order valence-corrected chi connectivity index (χ3v) is 2.88. The number of anilines is 1. The number of nitrogens with zero attached hydrogens (tertiary/aromatic N) is 4. The van der Waals surface area contributed by atoms with Gasteiger partial charge in [-0.15, -0.1) is 5.10 Å². The van der Waals surface area contributed by atoms with Crippen molar-refractivity contribution >= 4 is 5.69 Å². The summed E-state index contributed by atoms with van der Waals surface area (Å²) in [6, 6.07) is 3.98. The van der Waals surface area contributed by atoms with Gasteiger partial charge >= 0.3 is 0 Å². The molecule has 2 N–H and O–H groups in total. The van der Waals surface area contributed by atoms with Crippen molar-refractivity contribution < 1.29 is 0 Å². The van der Waals surface area contributed by atoms with Crippen LogP contribution in [0.1, 0.15) is 36.7 Å². The maximum absolute atomic E-state index is 6.03. The Bertz CT molecular complexity index is 542. The van der Waals surface area contributed by atoms with Gasteiger partial charge in [0.1, 0.15) is 0 Å². The van der Waals surface area contributed by atoms with Gasteiger partial charge in [-0.1, -0.05) is 13.8 Å². The van der Waals surface area contributed by atoms with Gasteiger partial charge in [0.15, 0.2) is 5.82 Å². The molecule has 17 heavy (non-hydrogen) atoms. The summed E-state index contributed by atoms with van der Waals surface area (Å²) in [6.45, 7) is 8.20. The third kappa shape index (κ3) is 2.00. The molecule has 0 spiro atoms. The van der Waals surface area contributed by atoms with E-state index in [1.807, 2.05) is 19.1 Å². The second kappa shape index (κ2) is 4.16. The van der Waals surface area contributed by atoms with Gasteiger partial charge in [0.05, 0.1) is 11.4 Å². The van der Waals surface area contributed by atoms with Crippen molar-refractivity contribution in [3.63, 3.8) is 0 Å². The number of hydrogen-bond acceptors (Lipinski definition) is 4.